The molecule has 2 heterocycles. The van der Waals surface area contributed by atoms with Gasteiger partial charge in [0.05, 0.1) is 23.0 Å². The molecule has 0 radical (unpaired) electrons. The van der Waals surface area contributed by atoms with E-state index < -0.39 is 0 Å². The topological polar surface area (TPSA) is 56.3 Å². The molecule has 2 unspecified atom stereocenters. The lowest BCUT2D eigenvalue weighted by Crippen LogP contribution is -2.44. The van der Waals surface area contributed by atoms with Gasteiger partial charge in [-0.25, -0.2) is 0 Å². The minimum absolute atomic E-state index is 0.574. The first-order valence-electron chi connectivity index (χ1n) is 11.1. The summed E-state index contributed by atoms with van der Waals surface area (Å²) in [5.41, 5.74) is 12.0. The molecule has 0 aromatic heterocycles. The molecule has 4 heteroatoms. The molecule has 2 fully saturated rings. The standard InChI is InChI=1S/C19H20N4.C8H14/c1-22-11-16-9-15(22)12-23(16)19-7-6-13(8-18(19)21)17-5-3-2-4-14(17)10-20;1-4-5-6-7-8(2)3/h2-8,15-16H,9,11-12,21H2,1H3;6-7H,2,4-5H2,1,3H3/b;7-6-. The number of likely N-dealkylation sites (tertiary alicyclic amines) is 1. The van der Waals surface area contributed by atoms with Gasteiger partial charge in [0.15, 0.2) is 0 Å². The Kier molecular flexibility index (Phi) is 7.55. The lowest BCUT2D eigenvalue weighted by molar-refractivity contribution is 0.293. The van der Waals surface area contributed by atoms with E-state index in [4.69, 9.17) is 5.73 Å². The number of fused-ring (bicyclic) bond motifs is 2. The Bertz CT molecular complexity index is 983. The molecule has 0 spiro atoms. The van der Waals surface area contributed by atoms with E-state index in [0.717, 1.165) is 41.2 Å². The van der Waals surface area contributed by atoms with Gasteiger partial charge in [-0.2, -0.15) is 5.26 Å². The number of nitrogens with zero attached hydrogens (tertiary/aromatic N) is 3. The van der Waals surface area contributed by atoms with Crippen LogP contribution in [0.4, 0.5) is 11.4 Å². The van der Waals surface area contributed by atoms with E-state index in [0.29, 0.717) is 17.6 Å². The number of hydrogen-bond donors (Lipinski definition) is 1. The third-order valence-electron chi connectivity index (χ3n) is 6.07. The van der Waals surface area contributed by atoms with Gasteiger partial charge in [-0.15, -0.1) is 0 Å². The Morgan fingerprint density at radius 1 is 1.23 bits per heavy atom. The van der Waals surface area contributed by atoms with Gasteiger partial charge in [-0.3, -0.25) is 4.90 Å². The molecule has 4 rings (SSSR count). The molecule has 2 aliphatic rings. The van der Waals surface area contributed by atoms with Crippen molar-refractivity contribution in [3.05, 3.63) is 72.3 Å². The highest BCUT2D eigenvalue weighted by Gasteiger charge is 2.41. The van der Waals surface area contributed by atoms with Gasteiger partial charge >= 0.3 is 0 Å². The average Bonchev–Trinajstić information content (AvgIpc) is 3.33. The molecular formula is C27H34N4. The van der Waals surface area contributed by atoms with Crippen molar-refractivity contribution in [2.45, 2.75) is 45.2 Å². The van der Waals surface area contributed by atoms with Gasteiger partial charge < -0.3 is 10.6 Å². The number of nitrogen functional groups attached to an aromatic ring is 1. The van der Waals surface area contributed by atoms with Crippen LogP contribution in [0, 0.1) is 11.3 Å². The van der Waals surface area contributed by atoms with Gasteiger partial charge in [0, 0.05) is 25.2 Å². The van der Waals surface area contributed by atoms with Gasteiger partial charge in [0.2, 0.25) is 0 Å². The summed E-state index contributed by atoms with van der Waals surface area (Å²) in [6.45, 7) is 10.1. The summed E-state index contributed by atoms with van der Waals surface area (Å²) < 4.78 is 0. The number of unbranched alkanes of at least 4 members (excludes halogenated alkanes) is 1. The third kappa shape index (κ3) is 5.37. The highest BCUT2D eigenvalue weighted by atomic mass is 15.3. The maximum atomic E-state index is 9.28. The summed E-state index contributed by atoms with van der Waals surface area (Å²) in [5, 5.41) is 9.28. The van der Waals surface area contributed by atoms with Crippen LogP contribution in [0.5, 0.6) is 0 Å². The van der Waals surface area contributed by atoms with Crippen LogP contribution >= 0.6 is 0 Å². The van der Waals surface area contributed by atoms with Crippen molar-refractivity contribution in [2.24, 2.45) is 0 Å². The number of benzene rings is 2. The van der Waals surface area contributed by atoms with E-state index in [1.54, 1.807) is 0 Å². The number of anilines is 2. The predicted octanol–water partition coefficient (Wildman–Crippen LogP) is 5.62. The zero-order chi connectivity index (χ0) is 22.4. The van der Waals surface area contributed by atoms with Crippen molar-refractivity contribution in [1.82, 2.24) is 4.90 Å². The Morgan fingerprint density at radius 3 is 2.58 bits per heavy atom. The van der Waals surface area contributed by atoms with Crippen LogP contribution in [0.15, 0.2) is 66.8 Å². The van der Waals surface area contributed by atoms with E-state index in [1.165, 1.54) is 19.3 Å². The number of nitriles is 1. The molecule has 2 bridgehead atoms. The van der Waals surface area contributed by atoms with Gasteiger partial charge in [0.1, 0.15) is 0 Å². The minimum atomic E-state index is 0.574. The van der Waals surface area contributed by atoms with Crippen LogP contribution in [0.2, 0.25) is 0 Å². The molecule has 0 saturated carbocycles. The third-order valence-corrected chi connectivity index (χ3v) is 6.07. The molecule has 162 valence electrons. The number of likely N-dealkylation sites (N-methyl/N-ethyl adjacent to an activating group) is 1. The normalized spacial score (nSPS) is 19.9. The maximum absolute atomic E-state index is 9.28. The van der Waals surface area contributed by atoms with Gasteiger partial charge in [-0.1, -0.05) is 61.9 Å². The highest BCUT2D eigenvalue weighted by molar-refractivity contribution is 5.79. The van der Waals surface area contributed by atoms with Crippen LogP contribution < -0.4 is 10.6 Å². The fraction of sp³-hybridized carbons (Fsp3) is 0.370. The van der Waals surface area contributed by atoms with Crippen molar-refractivity contribution in [3.63, 3.8) is 0 Å². The number of rotatable bonds is 5. The van der Waals surface area contributed by atoms with E-state index in [2.05, 4.69) is 60.7 Å². The molecule has 2 atom stereocenters. The molecular weight excluding hydrogens is 380 g/mol. The largest absolute Gasteiger partial charge is 0.397 e. The summed E-state index contributed by atoms with van der Waals surface area (Å²) >= 11 is 0. The second-order valence-corrected chi connectivity index (χ2v) is 8.60. The zero-order valence-corrected chi connectivity index (χ0v) is 19.0. The summed E-state index contributed by atoms with van der Waals surface area (Å²) in [4.78, 5) is 4.88. The molecule has 0 amide bonds. The van der Waals surface area contributed by atoms with Crippen LogP contribution in [0.25, 0.3) is 11.1 Å². The number of hydrogen-bond acceptors (Lipinski definition) is 4. The number of piperazine rings is 1. The Hall–Kier alpha value is -3.03. The van der Waals surface area contributed by atoms with Crippen LogP contribution in [-0.2, 0) is 0 Å². The Morgan fingerprint density at radius 2 is 2.00 bits per heavy atom. The van der Waals surface area contributed by atoms with Crippen molar-refractivity contribution < 1.29 is 0 Å². The minimum Gasteiger partial charge on any atom is -0.397 e. The smallest absolute Gasteiger partial charge is 0.0998 e. The van der Waals surface area contributed by atoms with E-state index in [-0.39, 0.29) is 0 Å². The molecule has 2 aromatic carbocycles. The lowest BCUT2D eigenvalue weighted by Gasteiger charge is -2.34. The van der Waals surface area contributed by atoms with Crippen molar-refractivity contribution >= 4 is 11.4 Å². The summed E-state index contributed by atoms with van der Waals surface area (Å²) in [6.07, 6.45) is 7.84. The second-order valence-electron chi connectivity index (χ2n) is 8.60. The van der Waals surface area contributed by atoms with Crippen LogP contribution in [-0.4, -0.2) is 37.1 Å². The molecule has 31 heavy (non-hydrogen) atoms. The summed E-state index contributed by atoms with van der Waals surface area (Å²) in [6, 6.07) is 17.3. The second kappa shape index (κ2) is 10.3. The van der Waals surface area contributed by atoms with Gasteiger partial charge in [-0.05, 0) is 56.1 Å². The summed E-state index contributed by atoms with van der Waals surface area (Å²) in [7, 11) is 2.20. The molecule has 2 saturated heterocycles. The first-order chi connectivity index (χ1) is 14.9. The quantitative estimate of drug-likeness (QED) is 0.510. The molecule has 2 aromatic rings. The van der Waals surface area contributed by atoms with Crippen LogP contribution in [0.1, 0.15) is 38.7 Å². The van der Waals surface area contributed by atoms with Crippen molar-refractivity contribution in [3.8, 4) is 17.2 Å². The monoisotopic (exact) mass is 414 g/mol. The fourth-order valence-electron chi connectivity index (χ4n) is 4.43. The van der Waals surface area contributed by atoms with Crippen LogP contribution in [0.3, 0.4) is 0 Å². The SMILES string of the molecule is C=C(C)/C=C\CCC.CN1CC2CC1CN2c1ccc(-c2ccccc2C#N)cc1N. The molecule has 2 N–H and O–H groups in total. The van der Waals surface area contributed by atoms with Crippen molar-refractivity contribution in [1.29, 1.82) is 5.26 Å². The van der Waals surface area contributed by atoms with Crippen molar-refractivity contribution in [2.75, 3.05) is 30.8 Å². The Labute approximate surface area is 187 Å². The Balaban J connectivity index is 0.000000293. The average molecular weight is 415 g/mol. The molecule has 0 aliphatic carbocycles. The maximum Gasteiger partial charge on any atom is 0.0998 e. The first kappa shape index (κ1) is 22.7. The molecule has 4 nitrogen and oxygen atoms in total. The van der Waals surface area contributed by atoms with E-state index >= 15 is 0 Å². The molecule has 2 aliphatic heterocycles. The zero-order valence-electron chi connectivity index (χ0n) is 19.0. The summed E-state index contributed by atoms with van der Waals surface area (Å²) in [5.74, 6) is 0. The van der Waals surface area contributed by atoms with E-state index in [9.17, 15) is 5.26 Å². The predicted molar refractivity (Wildman–Crippen MR) is 132 cm³/mol. The van der Waals surface area contributed by atoms with Gasteiger partial charge in [0.25, 0.3) is 0 Å². The first-order valence-corrected chi connectivity index (χ1v) is 11.1. The number of allylic oxidation sites excluding steroid dienone is 3. The lowest BCUT2D eigenvalue weighted by atomic mass is 9.99. The van der Waals surface area contributed by atoms with E-state index in [1.807, 2.05) is 37.3 Å². The number of nitrogens with two attached hydrogens (primary N) is 1. The highest BCUT2D eigenvalue weighted by Crippen LogP contribution is 2.38. The fourth-order valence-corrected chi connectivity index (χ4v) is 4.43.